The van der Waals surface area contributed by atoms with Gasteiger partial charge >= 0.3 is 5.97 Å². The van der Waals surface area contributed by atoms with Crippen molar-refractivity contribution in [2.45, 2.75) is 31.2 Å². The highest BCUT2D eigenvalue weighted by Crippen LogP contribution is 2.34. The van der Waals surface area contributed by atoms with Crippen molar-refractivity contribution in [3.63, 3.8) is 0 Å². The molecule has 0 unspecified atom stereocenters. The van der Waals surface area contributed by atoms with Crippen molar-refractivity contribution in [3.8, 4) is 0 Å². The highest BCUT2D eigenvalue weighted by Gasteiger charge is 2.41. The zero-order chi connectivity index (χ0) is 14.0. The monoisotopic (exact) mass is 268 g/mol. The molecule has 6 nitrogen and oxygen atoms in total. The lowest BCUT2D eigenvalue weighted by molar-refractivity contribution is -0.385. The molecular formula is C12H13FN2O4. The number of carboxylic acids is 1. The summed E-state index contributed by atoms with van der Waals surface area (Å²) in [5, 5.41) is 22.7. The first-order valence-corrected chi connectivity index (χ1v) is 5.89. The topological polar surface area (TPSA) is 92.5 Å². The molecular weight excluding hydrogens is 255 g/mol. The third-order valence-corrected chi connectivity index (χ3v) is 3.34. The van der Waals surface area contributed by atoms with Gasteiger partial charge in [0.05, 0.1) is 11.0 Å². The van der Waals surface area contributed by atoms with Crippen LogP contribution in [0.3, 0.4) is 0 Å². The number of nitro groups is 1. The second-order valence-electron chi connectivity index (χ2n) is 4.67. The predicted octanol–water partition coefficient (Wildman–Crippen LogP) is 2.54. The van der Waals surface area contributed by atoms with E-state index in [1.165, 1.54) is 0 Å². The van der Waals surface area contributed by atoms with Gasteiger partial charge < -0.3 is 10.4 Å². The number of carboxylic acid groups (broad SMARTS) is 1. The molecule has 0 bridgehead atoms. The van der Waals surface area contributed by atoms with E-state index in [9.17, 15) is 24.4 Å². The number of hydrogen-bond donors (Lipinski definition) is 2. The Morgan fingerprint density at radius 2 is 2.00 bits per heavy atom. The minimum Gasteiger partial charge on any atom is -0.480 e. The van der Waals surface area contributed by atoms with Crippen LogP contribution in [0.4, 0.5) is 15.8 Å². The maximum Gasteiger partial charge on any atom is 0.329 e. The Morgan fingerprint density at radius 3 is 2.53 bits per heavy atom. The van der Waals surface area contributed by atoms with E-state index >= 15 is 0 Å². The van der Waals surface area contributed by atoms with E-state index in [1.54, 1.807) is 0 Å². The molecule has 1 fully saturated rings. The number of aliphatic carboxylic acids is 1. The number of anilines is 1. The summed E-state index contributed by atoms with van der Waals surface area (Å²) in [5.41, 5.74) is -1.43. The lowest BCUT2D eigenvalue weighted by Crippen LogP contribution is -2.43. The number of benzene rings is 1. The minimum atomic E-state index is -1.15. The van der Waals surface area contributed by atoms with Crippen LogP contribution >= 0.6 is 0 Å². The summed E-state index contributed by atoms with van der Waals surface area (Å²) in [4.78, 5) is 21.3. The number of nitrogens with zero attached hydrogens (tertiary/aromatic N) is 1. The van der Waals surface area contributed by atoms with Crippen molar-refractivity contribution in [1.29, 1.82) is 0 Å². The molecule has 0 radical (unpaired) electrons. The molecule has 2 N–H and O–H groups in total. The number of halogens is 1. The zero-order valence-electron chi connectivity index (χ0n) is 10.1. The molecule has 0 amide bonds. The maximum atomic E-state index is 13.3. The number of hydrogen-bond acceptors (Lipinski definition) is 4. The summed E-state index contributed by atoms with van der Waals surface area (Å²) < 4.78 is 13.3. The Bertz CT molecular complexity index is 526. The smallest absolute Gasteiger partial charge is 0.329 e. The standard InChI is InChI=1S/C12H13FN2O4/c13-8-5-9(7-10(6-8)15(18)19)14-12(11(16)17)3-1-2-4-12/h5-7,14H,1-4H2,(H,16,17). The molecule has 1 aromatic rings. The highest BCUT2D eigenvalue weighted by molar-refractivity contribution is 5.83. The number of nitro benzene ring substituents is 1. The lowest BCUT2D eigenvalue weighted by atomic mass is 9.97. The van der Waals surface area contributed by atoms with Crippen LogP contribution in [0, 0.1) is 15.9 Å². The van der Waals surface area contributed by atoms with Crippen LogP contribution in [-0.4, -0.2) is 21.5 Å². The average Bonchev–Trinajstić information content (AvgIpc) is 2.78. The van der Waals surface area contributed by atoms with Crippen LogP contribution in [-0.2, 0) is 4.79 Å². The van der Waals surface area contributed by atoms with Crippen molar-refractivity contribution in [1.82, 2.24) is 0 Å². The summed E-state index contributed by atoms with van der Waals surface area (Å²) in [7, 11) is 0. The summed E-state index contributed by atoms with van der Waals surface area (Å²) in [5.74, 6) is -1.79. The third-order valence-electron chi connectivity index (χ3n) is 3.34. The molecule has 1 saturated carbocycles. The molecule has 2 rings (SSSR count). The number of non-ortho nitro benzene ring substituents is 1. The van der Waals surface area contributed by atoms with Crippen molar-refractivity contribution in [3.05, 3.63) is 34.1 Å². The van der Waals surface area contributed by atoms with E-state index in [0.29, 0.717) is 12.8 Å². The van der Waals surface area contributed by atoms with E-state index in [1.807, 2.05) is 0 Å². The van der Waals surface area contributed by atoms with Crippen molar-refractivity contribution in [2.24, 2.45) is 0 Å². The van der Waals surface area contributed by atoms with Gasteiger partial charge in [-0.1, -0.05) is 12.8 Å². The first kappa shape index (κ1) is 13.3. The van der Waals surface area contributed by atoms with Gasteiger partial charge in [-0.2, -0.15) is 0 Å². The van der Waals surface area contributed by atoms with Crippen molar-refractivity contribution < 1.29 is 19.2 Å². The van der Waals surface area contributed by atoms with E-state index in [-0.39, 0.29) is 5.69 Å². The molecule has 7 heteroatoms. The van der Waals surface area contributed by atoms with Crippen LogP contribution < -0.4 is 5.32 Å². The Balaban J connectivity index is 2.32. The van der Waals surface area contributed by atoms with E-state index < -0.39 is 27.9 Å². The van der Waals surface area contributed by atoms with Crippen LogP contribution in [0.2, 0.25) is 0 Å². The average molecular weight is 268 g/mol. The van der Waals surface area contributed by atoms with Crippen molar-refractivity contribution in [2.75, 3.05) is 5.32 Å². The van der Waals surface area contributed by atoms with Gasteiger partial charge in [0.15, 0.2) is 0 Å². The number of nitrogens with one attached hydrogen (secondary N) is 1. The van der Waals surface area contributed by atoms with Gasteiger partial charge in [0, 0.05) is 11.8 Å². The maximum absolute atomic E-state index is 13.3. The quantitative estimate of drug-likeness (QED) is 0.646. The third kappa shape index (κ3) is 2.64. The van der Waals surface area contributed by atoms with Gasteiger partial charge in [-0.05, 0) is 18.9 Å². The summed E-state index contributed by atoms with van der Waals surface area (Å²) in [6.07, 6.45) is 2.37. The Kier molecular flexibility index (Phi) is 3.37. The summed E-state index contributed by atoms with van der Waals surface area (Å²) in [6, 6.07) is 3.01. The van der Waals surface area contributed by atoms with Gasteiger partial charge in [-0.25, -0.2) is 9.18 Å². The Morgan fingerprint density at radius 1 is 1.37 bits per heavy atom. The molecule has 102 valence electrons. The van der Waals surface area contributed by atoms with Gasteiger partial charge in [-0.15, -0.1) is 0 Å². The Labute approximate surface area is 108 Å². The highest BCUT2D eigenvalue weighted by atomic mass is 19.1. The molecule has 0 aromatic heterocycles. The Hall–Kier alpha value is -2.18. The minimum absolute atomic E-state index is 0.121. The van der Waals surface area contributed by atoms with Crippen LogP contribution in [0.25, 0.3) is 0 Å². The lowest BCUT2D eigenvalue weighted by Gasteiger charge is -2.26. The van der Waals surface area contributed by atoms with Crippen LogP contribution in [0.5, 0.6) is 0 Å². The molecule has 1 aliphatic rings. The van der Waals surface area contributed by atoms with Gasteiger partial charge in [-0.3, -0.25) is 10.1 Å². The fourth-order valence-electron chi connectivity index (χ4n) is 2.40. The second-order valence-corrected chi connectivity index (χ2v) is 4.67. The van der Waals surface area contributed by atoms with E-state index in [2.05, 4.69) is 5.32 Å². The van der Waals surface area contributed by atoms with Crippen molar-refractivity contribution >= 4 is 17.3 Å². The van der Waals surface area contributed by atoms with Crippen LogP contribution in [0.15, 0.2) is 18.2 Å². The molecule has 0 heterocycles. The zero-order valence-corrected chi connectivity index (χ0v) is 10.1. The summed E-state index contributed by atoms with van der Waals surface area (Å²) in [6.45, 7) is 0. The van der Waals surface area contributed by atoms with Gasteiger partial charge in [0.25, 0.3) is 5.69 Å². The normalized spacial score (nSPS) is 17.1. The molecule has 0 aliphatic heterocycles. The van der Waals surface area contributed by atoms with Gasteiger partial charge in [0.2, 0.25) is 0 Å². The molecule has 1 aromatic carbocycles. The first-order chi connectivity index (χ1) is 8.93. The number of rotatable bonds is 4. The molecule has 0 spiro atoms. The molecule has 19 heavy (non-hydrogen) atoms. The SMILES string of the molecule is O=C(O)C1(Nc2cc(F)cc([N+](=O)[O-])c2)CCCC1. The van der Waals surface area contributed by atoms with Gasteiger partial charge in [0.1, 0.15) is 11.4 Å². The largest absolute Gasteiger partial charge is 0.480 e. The molecule has 0 saturated heterocycles. The van der Waals surface area contributed by atoms with E-state index in [0.717, 1.165) is 31.0 Å². The number of carbonyl (C=O) groups is 1. The predicted molar refractivity (Wildman–Crippen MR) is 65.5 cm³/mol. The van der Waals surface area contributed by atoms with E-state index in [4.69, 9.17) is 0 Å². The molecule has 1 aliphatic carbocycles. The van der Waals surface area contributed by atoms with Crippen LogP contribution in [0.1, 0.15) is 25.7 Å². The first-order valence-electron chi connectivity index (χ1n) is 5.89. The fraction of sp³-hybridized carbons (Fsp3) is 0.417. The second kappa shape index (κ2) is 4.83. The molecule has 0 atom stereocenters. The summed E-state index contributed by atoms with van der Waals surface area (Å²) >= 11 is 0. The fourth-order valence-corrected chi connectivity index (χ4v) is 2.40.